The highest BCUT2D eigenvalue weighted by Gasteiger charge is 2.30. The van der Waals surface area contributed by atoms with Gasteiger partial charge in [-0.2, -0.15) is 0 Å². The van der Waals surface area contributed by atoms with Crippen LogP contribution in [0.2, 0.25) is 0 Å². The number of hydrogen-bond donors (Lipinski definition) is 0. The Morgan fingerprint density at radius 1 is 1.86 bits per heavy atom. The van der Waals surface area contributed by atoms with Crippen molar-refractivity contribution >= 4 is 0 Å². The summed E-state index contributed by atoms with van der Waals surface area (Å²) in [6, 6.07) is 0. The van der Waals surface area contributed by atoms with Crippen molar-refractivity contribution < 1.29 is 0 Å². The van der Waals surface area contributed by atoms with Crippen LogP contribution in [0, 0.1) is 11.8 Å². The minimum atomic E-state index is 0.998. The zero-order chi connectivity index (χ0) is 5.28. The minimum Gasteiger partial charge on any atom is -0.103 e. The quantitative estimate of drug-likeness (QED) is 0.462. The van der Waals surface area contributed by atoms with Crippen molar-refractivity contribution in [1.29, 1.82) is 0 Å². The molecule has 0 nitrogen and oxygen atoms in total. The van der Waals surface area contributed by atoms with Gasteiger partial charge in [-0.25, -0.2) is 0 Å². The van der Waals surface area contributed by atoms with Gasteiger partial charge in [0.15, 0.2) is 0 Å². The fraction of sp³-hybridized carbons (Fsp3) is 0.714. The second kappa shape index (κ2) is 1.69. The summed E-state index contributed by atoms with van der Waals surface area (Å²) in [5, 5.41) is 0. The topological polar surface area (TPSA) is 0 Å². The van der Waals surface area contributed by atoms with Gasteiger partial charge in [-0.15, -0.1) is 6.58 Å². The van der Waals surface area contributed by atoms with Gasteiger partial charge in [-0.05, 0) is 24.7 Å². The fourth-order valence-corrected chi connectivity index (χ4v) is 0.942. The van der Waals surface area contributed by atoms with Gasteiger partial charge in [0.05, 0.1) is 0 Å². The Morgan fingerprint density at radius 3 is 2.57 bits per heavy atom. The van der Waals surface area contributed by atoms with Gasteiger partial charge in [0, 0.05) is 0 Å². The Kier molecular flexibility index (Phi) is 1.18. The molecule has 0 spiro atoms. The van der Waals surface area contributed by atoms with E-state index in [1.807, 2.05) is 6.08 Å². The molecule has 2 atom stereocenters. The molecule has 1 fully saturated rings. The predicted octanol–water partition coefficient (Wildman–Crippen LogP) is 2.22. The lowest BCUT2D eigenvalue weighted by atomic mass is 10.2. The minimum absolute atomic E-state index is 0.998. The number of allylic oxidation sites excluding steroid dienone is 1. The normalized spacial score (nSPS) is 37.9. The van der Waals surface area contributed by atoms with Crippen LogP contribution in [0.3, 0.4) is 0 Å². The van der Waals surface area contributed by atoms with Crippen LogP contribution in [0.1, 0.15) is 19.8 Å². The molecule has 0 heteroatoms. The largest absolute Gasteiger partial charge is 0.103 e. The average molecular weight is 96.2 g/mol. The van der Waals surface area contributed by atoms with Gasteiger partial charge < -0.3 is 0 Å². The molecule has 0 heterocycles. The van der Waals surface area contributed by atoms with Gasteiger partial charge in [0.2, 0.25) is 0 Å². The molecule has 40 valence electrons. The highest BCUT2D eigenvalue weighted by molar-refractivity contribution is 4.87. The van der Waals surface area contributed by atoms with E-state index < -0.39 is 0 Å². The first-order chi connectivity index (χ1) is 3.34. The first kappa shape index (κ1) is 4.89. The van der Waals surface area contributed by atoms with Gasteiger partial charge in [0.25, 0.3) is 0 Å². The molecule has 1 aliphatic carbocycles. The molecule has 0 aliphatic heterocycles. The molecule has 1 aliphatic rings. The summed E-state index contributed by atoms with van der Waals surface area (Å²) in [6.45, 7) is 5.98. The monoisotopic (exact) mass is 96.1 g/mol. The molecule has 0 amide bonds. The van der Waals surface area contributed by atoms with E-state index in [4.69, 9.17) is 0 Å². The third-order valence-corrected chi connectivity index (χ3v) is 1.75. The lowest BCUT2D eigenvalue weighted by Crippen LogP contribution is -1.70. The summed E-state index contributed by atoms with van der Waals surface area (Å²) in [7, 11) is 0. The number of hydrogen-bond acceptors (Lipinski definition) is 0. The summed E-state index contributed by atoms with van der Waals surface area (Å²) in [6.07, 6.45) is 4.70. The van der Waals surface area contributed by atoms with Crippen LogP contribution < -0.4 is 0 Å². The molecule has 0 radical (unpaired) electrons. The predicted molar refractivity (Wildman–Crippen MR) is 32.1 cm³/mol. The van der Waals surface area contributed by atoms with Crippen molar-refractivity contribution in [2.45, 2.75) is 19.8 Å². The van der Waals surface area contributed by atoms with Crippen LogP contribution in [-0.2, 0) is 0 Å². The summed E-state index contributed by atoms with van der Waals surface area (Å²) in [5.74, 6) is 2.00. The third kappa shape index (κ3) is 1.05. The molecular weight excluding hydrogens is 84.1 g/mol. The lowest BCUT2D eigenvalue weighted by molar-refractivity contribution is 0.767. The van der Waals surface area contributed by atoms with E-state index in [0.29, 0.717) is 0 Å². The van der Waals surface area contributed by atoms with Crippen molar-refractivity contribution in [3.63, 3.8) is 0 Å². The van der Waals surface area contributed by atoms with Crippen molar-refractivity contribution in [3.8, 4) is 0 Å². The molecule has 1 saturated carbocycles. The first-order valence-corrected chi connectivity index (χ1v) is 2.95. The van der Waals surface area contributed by atoms with Gasteiger partial charge in [-0.3, -0.25) is 0 Å². The highest BCUT2D eigenvalue weighted by Crippen LogP contribution is 2.40. The van der Waals surface area contributed by atoms with Crippen LogP contribution in [-0.4, -0.2) is 0 Å². The van der Waals surface area contributed by atoms with Crippen molar-refractivity contribution in [3.05, 3.63) is 12.7 Å². The van der Waals surface area contributed by atoms with Gasteiger partial charge >= 0.3 is 0 Å². The van der Waals surface area contributed by atoms with E-state index in [1.54, 1.807) is 0 Å². The zero-order valence-corrected chi connectivity index (χ0v) is 4.85. The Balaban J connectivity index is 2.08. The van der Waals surface area contributed by atoms with Crippen LogP contribution in [0.15, 0.2) is 12.7 Å². The molecule has 0 N–H and O–H groups in total. The second-order valence-electron chi connectivity index (χ2n) is 2.50. The molecular formula is C7H12. The highest BCUT2D eigenvalue weighted by atomic mass is 14.4. The SMILES string of the molecule is C=CC[C@H]1C[C@@H]1C. The second-order valence-corrected chi connectivity index (χ2v) is 2.50. The Hall–Kier alpha value is -0.260. The molecule has 0 saturated heterocycles. The Labute approximate surface area is 45.2 Å². The Bertz CT molecular complexity index is 74.1. The molecule has 0 aromatic heterocycles. The maximum atomic E-state index is 3.68. The van der Waals surface area contributed by atoms with Crippen LogP contribution in [0.4, 0.5) is 0 Å². The van der Waals surface area contributed by atoms with E-state index in [1.165, 1.54) is 12.8 Å². The lowest BCUT2D eigenvalue weighted by Gasteiger charge is -1.82. The molecule has 7 heavy (non-hydrogen) atoms. The van der Waals surface area contributed by atoms with Gasteiger partial charge in [-0.1, -0.05) is 13.0 Å². The fourth-order valence-electron chi connectivity index (χ4n) is 0.942. The molecule has 0 aromatic rings. The Morgan fingerprint density at radius 2 is 2.43 bits per heavy atom. The summed E-state index contributed by atoms with van der Waals surface area (Å²) >= 11 is 0. The summed E-state index contributed by atoms with van der Waals surface area (Å²) in [5.41, 5.74) is 0. The molecule has 1 rings (SSSR count). The maximum absolute atomic E-state index is 3.68. The van der Waals surface area contributed by atoms with Crippen molar-refractivity contribution in [2.24, 2.45) is 11.8 Å². The van der Waals surface area contributed by atoms with Crippen LogP contribution in [0.25, 0.3) is 0 Å². The average Bonchev–Trinajstić information content (AvgIpc) is 2.22. The molecule has 0 aromatic carbocycles. The molecule has 0 bridgehead atoms. The number of rotatable bonds is 2. The van der Waals surface area contributed by atoms with Crippen LogP contribution in [0.5, 0.6) is 0 Å². The van der Waals surface area contributed by atoms with E-state index in [0.717, 1.165) is 11.8 Å². The third-order valence-electron chi connectivity index (χ3n) is 1.75. The van der Waals surface area contributed by atoms with E-state index >= 15 is 0 Å². The van der Waals surface area contributed by atoms with Crippen LogP contribution >= 0.6 is 0 Å². The van der Waals surface area contributed by atoms with Gasteiger partial charge in [0.1, 0.15) is 0 Å². The van der Waals surface area contributed by atoms with E-state index in [2.05, 4.69) is 13.5 Å². The van der Waals surface area contributed by atoms with E-state index in [9.17, 15) is 0 Å². The van der Waals surface area contributed by atoms with Crippen molar-refractivity contribution in [1.82, 2.24) is 0 Å². The smallest absolute Gasteiger partial charge is 0.0322 e. The standard InChI is InChI=1S/C7H12/c1-3-4-7-5-6(7)2/h3,6-7H,1,4-5H2,2H3/t6-,7-/m0/s1. The van der Waals surface area contributed by atoms with E-state index in [-0.39, 0.29) is 0 Å². The maximum Gasteiger partial charge on any atom is -0.0322 e. The van der Waals surface area contributed by atoms with Crippen molar-refractivity contribution in [2.75, 3.05) is 0 Å². The zero-order valence-electron chi connectivity index (χ0n) is 4.85. The summed E-state index contributed by atoms with van der Waals surface area (Å²) < 4.78 is 0. The summed E-state index contributed by atoms with van der Waals surface area (Å²) in [4.78, 5) is 0. The molecule has 0 unspecified atom stereocenters. The first-order valence-electron chi connectivity index (χ1n) is 2.95.